The van der Waals surface area contributed by atoms with E-state index in [2.05, 4.69) is 9.72 Å². The molecule has 0 amide bonds. The first-order valence-corrected chi connectivity index (χ1v) is 5.70. The summed E-state index contributed by atoms with van der Waals surface area (Å²) in [6.07, 6.45) is 1.44. The maximum Gasteiger partial charge on any atom is 0.332 e. The highest BCUT2D eigenvalue weighted by Crippen LogP contribution is 2.18. The van der Waals surface area contributed by atoms with Crippen molar-refractivity contribution in [3.8, 4) is 5.75 Å². The molecule has 0 fully saturated rings. The summed E-state index contributed by atoms with van der Waals surface area (Å²) >= 11 is 0. The Morgan fingerprint density at radius 2 is 2.05 bits per heavy atom. The predicted molar refractivity (Wildman–Crippen MR) is 69.8 cm³/mol. The highest BCUT2D eigenvalue weighted by atomic mass is 16.5. The topological polar surface area (TPSA) is 92.4 Å². The van der Waals surface area contributed by atoms with Gasteiger partial charge in [0.05, 0.1) is 14.2 Å². The van der Waals surface area contributed by atoms with Gasteiger partial charge in [-0.1, -0.05) is 0 Å². The van der Waals surface area contributed by atoms with Crippen molar-refractivity contribution < 1.29 is 14.3 Å². The van der Waals surface area contributed by atoms with Crippen molar-refractivity contribution in [2.24, 2.45) is 7.05 Å². The lowest BCUT2D eigenvalue weighted by Crippen LogP contribution is -2.41. The zero-order valence-electron chi connectivity index (χ0n) is 11.2. The van der Waals surface area contributed by atoms with Crippen molar-refractivity contribution >= 4 is 17.0 Å². The quantitative estimate of drug-likeness (QED) is 0.688. The first-order valence-electron chi connectivity index (χ1n) is 5.70. The second-order valence-corrected chi connectivity index (χ2v) is 4.02. The van der Waals surface area contributed by atoms with Crippen molar-refractivity contribution in [1.29, 1.82) is 0 Å². The predicted octanol–water partition coefficient (Wildman–Crippen LogP) is -0.723. The molecule has 2 aromatic heterocycles. The van der Waals surface area contributed by atoms with Crippen LogP contribution in [-0.4, -0.2) is 34.3 Å². The van der Waals surface area contributed by atoms with Crippen molar-refractivity contribution in [2.75, 3.05) is 14.2 Å². The number of carbonyl (C=O) groups excluding carboxylic acids is 1. The van der Waals surface area contributed by atoms with Crippen LogP contribution in [0.25, 0.3) is 11.0 Å². The van der Waals surface area contributed by atoms with Crippen LogP contribution in [0.1, 0.15) is 0 Å². The van der Waals surface area contributed by atoms with E-state index < -0.39 is 23.8 Å². The molecule has 0 saturated heterocycles. The molecule has 0 aliphatic carbocycles. The fraction of sp³-hybridized carbons (Fsp3) is 0.333. The van der Waals surface area contributed by atoms with Gasteiger partial charge < -0.3 is 9.47 Å². The number of fused-ring (bicyclic) bond motifs is 1. The van der Waals surface area contributed by atoms with Crippen LogP contribution in [-0.2, 0) is 23.1 Å². The van der Waals surface area contributed by atoms with Gasteiger partial charge in [0.15, 0.2) is 5.65 Å². The van der Waals surface area contributed by atoms with Gasteiger partial charge in [-0.25, -0.2) is 14.3 Å². The molecule has 2 rings (SSSR count). The Labute approximate surface area is 113 Å². The number of pyridine rings is 1. The van der Waals surface area contributed by atoms with E-state index in [-0.39, 0.29) is 16.8 Å². The number of hydrogen-bond acceptors (Lipinski definition) is 6. The minimum absolute atomic E-state index is 0.140. The van der Waals surface area contributed by atoms with Gasteiger partial charge in [-0.05, 0) is 6.07 Å². The lowest BCUT2D eigenvalue weighted by atomic mass is 10.3. The highest BCUT2D eigenvalue weighted by molar-refractivity contribution is 5.81. The number of ether oxygens (including phenoxy) is 2. The molecule has 0 N–H and O–H groups in total. The Morgan fingerprint density at radius 3 is 2.65 bits per heavy atom. The van der Waals surface area contributed by atoms with E-state index in [9.17, 15) is 14.4 Å². The van der Waals surface area contributed by atoms with Gasteiger partial charge in [-0.2, -0.15) is 0 Å². The number of hydrogen-bond donors (Lipinski definition) is 0. The molecular weight excluding hydrogens is 266 g/mol. The van der Waals surface area contributed by atoms with Gasteiger partial charge in [0.2, 0.25) is 0 Å². The molecule has 2 aromatic rings. The third kappa shape index (κ3) is 2.04. The largest absolute Gasteiger partial charge is 0.496 e. The van der Waals surface area contributed by atoms with E-state index in [1.54, 1.807) is 0 Å². The van der Waals surface area contributed by atoms with Crippen molar-refractivity contribution in [3.63, 3.8) is 0 Å². The molecule has 8 nitrogen and oxygen atoms in total. The molecule has 0 aliphatic rings. The number of esters is 1. The first-order chi connectivity index (χ1) is 9.51. The van der Waals surface area contributed by atoms with Crippen LogP contribution >= 0.6 is 0 Å². The number of aromatic nitrogens is 3. The molecule has 20 heavy (non-hydrogen) atoms. The van der Waals surface area contributed by atoms with Crippen LogP contribution in [0.5, 0.6) is 5.75 Å². The number of carbonyl (C=O) groups is 1. The molecule has 0 aliphatic heterocycles. The Morgan fingerprint density at radius 1 is 1.35 bits per heavy atom. The number of aryl methyl sites for hydroxylation is 1. The second-order valence-electron chi connectivity index (χ2n) is 4.02. The SMILES string of the molecule is COC(=O)Cn1c(=O)c2c(OC)ccnc2n(C)c1=O. The third-order valence-corrected chi connectivity index (χ3v) is 2.92. The van der Waals surface area contributed by atoms with E-state index in [1.165, 1.54) is 38.1 Å². The summed E-state index contributed by atoms with van der Waals surface area (Å²) in [4.78, 5) is 39.8. The summed E-state index contributed by atoms with van der Waals surface area (Å²) in [5.74, 6) is -0.402. The zero-order valence-corrected chi connectivity index (χ0v) is 11.2. The van der Waals surface area contributed by atoms with Crippen LogP contribution < -0.4 is 16.0 Å². The van der Waals surface area contributed by atoms with Gasteiger partial charge in [0.1, 0.15) is 17.7 Å². The molecule has 0 spiro atoms. The molecule has 0 atom stereocenters. The van der Waals surface area contributed by atoms with Crippen molar-refractivity contribution in [3.05, 3.63) is 33.1 Å². The number of nitrogens with zero attached hydrogens (tertiary/aromatic N) is 3. The van der Waals surface area contributed by atoms with Crippen LogP contribution in [0.15, 0.2) is 21.9 Å². The maximum absolute atomic E-state index is 12.4. The van der Waals surface area contributed by atoms with E-state index >= 15 is 0 Å². The van der Waals surface area contributed by atoms with Crippen LogP contribution in [0.3, 0.4) is 0 Å². The fourth-order valence-corrected chi connectivity index (χ4v) is 1.89. The van der Waals surface area contributed by atoms with E-state index in [0.717, 1.165) is 4.57 Å². The van der Waals surface area contributed by atoms with E-state index in [0.29, 0.717) is 0 Å². The summed E-state index contributed by atoms with van der Waals surface area (Å²) in [5.41, 5.74) is -1.09. The third-order valence-electron chi connectivity index (χ3n) is 2.92. The maximum atomic E-state index is 12.4. The first kappa shape index (κ1) is 13.8. The Kier molecular flexibility index (Phi) is 3.55. The van der Waals surface area contributed by atoms with Crippen molar-refractivity contribution in [1.82, 2.24) is 14.1 Å². The van der Waals surface area contributed by atoms with Crippen LogP contribution in [0.2, 0.25) is 0 Å². The molecule has 0 unspecified atom stereocenters. The van der Waals surface area contributed by atoms with Gasteiger partial charge in [0, 0.05) is 13.2 Å². The van der Waals surface area contributed by atoms with E-state index in [1.807, 2.05) is 0 Å². The highest BCUT2D eigenvalue weighted by Gasteiger charge is 2.17. The molecule has 0 saturated carbocycles. The molecule has 0 bridgehead atoms. The summed E-state index contributed by atoms with van der Waals surface area (Å²) in [7, 11) is 4.05. The van der Waals surface area contributed by atoms with E-state index in [4.69, 9.17) is 4.74 Å². The summed E-state index contributed by atoms with van der Waals surface area (Å²) in [6.45, 7) is -0.462. The summed E-state index contributed by atoms with van der Waals surface area (Å²) < 4.78 is 11.6. The molecule has 106 valence electrons. The van der Waals surface area contributed by atoms with Gasteiger partial charge in [0.25, 0.3) is 5.56 Å². The van der Waals surface area contributed by atoms with Crippen LogP contribution in [0, 0.1) is 0 Å². The summed E-state index contributed by atoms with van der Waals surface area (Å²) in [6, 6.07) is 1.51. The van der Waals surface area contributed by atoms with Gasteiger partial charge in [-0.15, -0.1) is 0 Å². The average Bonchev–Trinajstić information content (AvgIpc) is 2.48. The molecule has 2 heterocycles. The second kappa shape index (κ2) is 5.16. The minimum Gasteiger partial charge on any atom is -0.496 e. The lowest BCUT2D eigenvalue weighted by molar-refractivity contribution is -0.141. The molecule has 0 radical (unpaired) electrons. The minimum atomic E-state index is -0.689. The Balaban J connectivity index is 2.87. The monoisotopic (exact) mass is 279 g/mol. The zero-order chi connectivity index (χ0) is 14.9. The molecular formula is C12H13N3O5. The van der Waals surface area contributed by atoms with Gasteiger partial charge >= 0.3 is 11.7 Å². The number of rotatable bonds is 3. The smallest absolute Gasteiger partial charge is 0.332 e. The molecule has 0 aromatic carbocycles. The normalized spacial score (nSPS) is 10.6. The molecule has 8 heteroatoms. The average molecular weight is 279 g/mol. The standard InChI is InChI=1S/C12H13N3O5/c1-14-10-9(7(19-2)4-5-13-10)11(17)15(12(14)18)6-8(16)20-3/h4-5H,6H2,1-3H3. The fourth-order valence-electron chi connectivity index (χ4n) is 1.89. The van der Waals surface area contributed by atoms with Gasteiger partial charge in [-0.3, -0.25) is 14.2 Å². The van der Waals surface area contributed by atoms with Crippen molar-refractivity contribution in [2.45, 2.75) is 6.54 Å². The Bertz CT molecular complexity index is 790. The van der Waals surface area contributed by atoms with Crippen LogP contribution in [0.4, 0.5) is 0 Å². The number of methoxy groups -OCH3 is 2. The lowest BCUT2D eigenvalue weighted by Gasteiger charge is -2.11. The summed E-state index contributed by atoms with van der Waals surface area (Å²) in [5, 5.41) is 0.140. The Hall–Kier alpha value is -2.64.